The Morgan fingerprint density at radius 3 is 2.82 bits per heavy atom. The fraction of sp³-hybridized carbons (Fsp3) is 0.273. The number of hydrazone groups is 1. The van der Waals surface area contributed by atoms with E-state index in [4.69, 9.17) is 22.7 Å². The highest BCUT2D eigenvalue weighted by Crippen LogP contribution is 2.27. The van der Waals surface area contributed by atoms with Crippen LogP contribution in [0.4, 0.5) is 0 Å². The van der Waals surface area contributed by atoms with E-state index in [9.17, 15) is 0 Å². The Morgan fingerprint density at radius 2 is 2.07 bits per heavy atom. The van der Waals surface area contributed by atoms with Gasteiger partial charge in [-0.05, 0) is 48.3 Å². The SMILES string of the molecule is Cc1ccc(C(C)C)c(OCCn2cc(/C=N/NC(N)=S)c3ccccc32)c1. The van der Waals surface area contributed by atoms with Crippen LogP contribution in [0.2, 0.25) is 0 Å². The number of para-hydroxylation sites is 1. The first kappa shape index (κ1) is 19.9. The minimum Gasteiger partial charge on any atom is -0.491 e. The lowest BCUT2D eigenvalue weighted by atomic mass is 10.0. The molecule has 28 heavy (non-hydrogen) atoms. The van der Waals surface area contributed by atoms with E-state index >= 15 is 0 Å². The molecule has 5 nitrogen and oxygen atoms in total. The van der Waals surface area contributed by atoms with Gasteiger partial charge < -0.3 is 15.0 Å². The minimum absolute atomic E-state index is 0.146. The molecule has 0 spiro atoms. The number of nitrogens with zero attached hydrogens (tertiary/aromatic N) is 2. The molecule has 0 saturated carbocycles. The number of benzene rings is 2. The van der Waals surface area contributed by atoms with Crippen LogP contribution in [-0.2, 0) is 6.54 Å². The summed E-state index contributed by atoms with van der Waals surface area (Å²) in [7, 11) is 0. The lowest BCUT2D eigenvalue weighted by Gasteiger charge is -2.15. The molecular weight excluding hydrogens is 368 g/mol. The summed E-state index contributed by atoms with van der Waals surface area (Å²) in [5.74, 6) is 1.39. The first-order valence-corrected chi connectivity index (χ1v) is 9.76. The monoisotopic (exact) mass is 394 g/mol. The lowest BCUT2D eigenvalue weighted by molar-refractivity contribution is 0.296. The summed E-state index contributed by atoms with van der Waals surface area (Å²) in [5, 5.41) is 5.35. The molecular formula is C22H26N4OS. The second-order valence-corrected chi connectivity index (χ2v) is 7.51. The Bertz CT molecular complexity index is 1010. The molecule has 2 aromatic carbocycles. The van der Waals surface area contributed by atoms with Crippen molar-refractivity contribution >= 4 is 34.4 Å². The van der Waals surface area contributed by atoms with E-state index in [-0.39, 0.29) is 5.11 Å². The average Bonchev–Trinajstić information content (AvgIpc) is 2.99. The smallest absolute Gasteiger partial charge is 0.184 e. The van der Waals surface area contributed by atoms with Gasteiger partial charge in [-0.25, -0.2) is 0 Å². The topological polar surface area (TPSA) is 64.6 Å². The van der Waals surface area contributed by atoms with Crippen LogP contribution in [0.3, 0.4) is 0 Å². The maximum absolute atomic E-state index is 6.15. The van der Waals surface area contributed by atoms with Gasteiger partial charge in [0.25, 0.3) is 0 Å². The molecule has 0 amide bonds. The van der Waals surface area contributed by atoms with Crippen LogP contribution in [0.15, 0.2) is 53.8 Å². The zero-order chi connectivity index (χ0) is 20.1. The molecule has 0 aliphatic rings. The summed E-state index contributed by atoms with van der Waals surface area (Å²) in [6.07, 6.45) is 3.80. The van der Waals surface area contributed by atoms with E-state index in [1.165, 1.54) is 11.1 Å². The van der Waals surface area contributed by atoms with Crippen molar-refractivity contribution in [2.24, 2.45) is 10.8 Å². The van der Waals surface area contributed by atoms with Crippen molar-refractivity contribution in [3.05, 3.63) is 65.4 Å². The Hall–Kier alpha value is -2.86. The summed E-state index contributed by atoms with van der Waals surface area (Å²) >= 11 is 4.78. The predicted octanol–water partition coefficient (Wildman–Crippen LogP) is 4.32. The van der Waals surface area contributed by atoms with Crippen LogP contribution < -0.4 is 15.9 Å². The number of hydrogen-bond acceptors (Lipinski definition) is 3. The molecule has 0 saturated heterocycles. The van der Waals surface area contributed by atoms with Crippen LogP contribution in [0.5, 0.6) is 5.75 Å². The van der Waals surface area contributed by atoms with Crippen LogP contribution in [0.25, 0.3) is 10.9 Å². The standard InChI is InChI=1S/C22H26N4OS/c1-15(2)18-9-8-16(3)12-21(18)27-11-10-26-14-17(13-24-25-22(23)28)19-6-4-5-7-20(19)26/h4-9,12-15H,10-11H2,1-3H3,(H3,23,25,28)/b24-13+. The third kappa shape index (κ3) is 4.70. The Balaban J connectivity index is 1.77. The van der Waals surface area contributed by atoms with E-state index < -0.39 is 0 Å². The second-order valence-electron chi connectivity index (χ2n) is 7.07. The third-order valence-electron chi connectivity index (χ3n) is 4.58. The summed E-state index contributed by atoms with van der Waals surface area (Å²) < 4.78 is 8.34. The number of aromatic nitrogens is 1. The van der Waals surface area contributed by atoms with Gasteiger partial charge in [-0.15, -0.1) is 0 Å². The number of nitrogens with one attached hydrogen (secondary N) is 1. The first-order chi connectivity index (χ1) is 13.5. The van der Waals surface area contributed by atoms with Crippen molar-refractivity contribution in [3.8, 4) is 5.75 Å². The first-order valence-electron chi connectivity index (χ1n) is 9.35. The largest absolute Gasteiger partial charge is 0.491 e. The third-order valence-corrected chi connectivity index (χ3v) is 4.67. The number of fused-ring (bicyclic) bond motifs is 1. The molecule has 3 N–H and O–H groups in total. The molecule has 0 radical (unpaired) electrons. The molecule has 0 unspecified atom stereocenters. The van der Waals surface area contributed by atoms with Crippen LogP contribution >= 0.6 is 12.2 Å². The van der Waals surface area contributed by atoms with Gasteiger partial charge in [-0.1, -0.05) is 44.2 Å². The number of nitrogens with two attached hydrogens (primary N) is 1. The second kappa shape index (κ2) is 8.89. The van der Waals surface area contributed by atoms with Gasteiger partial charge in [0.1, 0.15) is 12.4 Å². The van der Waals surface area contributed by atoms with Gasteiger partial charge in [-0.3, -0.25) is 5.43 Å². The quantitative estimate of drug-likeness (QED) is 0.356. The highest BCUT2D eigenvalue weighted by atomic mass is 32.1. The van der Waals surface area contributed by atoms with Crippen molar-refractivity contribution in [1.29, 1.82) is 0 Å². The zero-order valence-corrected chi connectivity index (χ0v) is 17.3. The van der Waals surface area contributed by atoms with Gasteiger partial charge in [0, 0.05) is 22.7 Å². The molecule has 0 atom stereocenters. The molecule has 0 aliphatic heterocycles. The van der Waals surface area contributed by atoms with Crippen LogP contribution in [-0.4, -0.2) is 22.5 Å². The molecule has 0 bridgehead atoms. The molecule has 3 aromatic rings. The normalized spacial score (nSPS) is 11.4. The van der Waals surface area contributed by atoms with E-state index in [0.717, 1.165) is 28.8 Å². The van der Waals surface area contributed by atoms with Crippen molar-refractivity contribution in [3.63, 3.8) is 0 Å². The number of hydrogen-bond donors (Lipinski definition) is 2. The lowest BCUT2D eigenvalue weighted by Crippen LogP contribution is -2.23. The summed E-state index contributed by atoms with van der Waals surface area (Å²) in [4.78, 5) is 0. The van der Waals surface area contributed by atoms with Crippen molar-refractivity contribution in [2.45, 2.75) is 33.2 Å². The fourth-order valence-corrected chi connectivity index (χ4v) is 3.28. The van der Waals surface area contributed by atoms with Crippen LogP contribution in [0, 0.1) is 6.92 Å². The molecule has 0 fully saturated rings. The molecule has 0 aliphatic carbocycles. The number of thiocarbonyl (C=S) groups is 1. The summed E-state index contributed by atoms with van der Waals surface area (Å²) in [5.41, 5.74) is 12.6. The van der Waals surface area contributed by atoms with E-state index in [0.29, 0.717) is 12.5 Å². The summed E-state index contributed by atoms with van der Waals surface area (Å²) in [6.45, 7) is 7.78. The van der Waals surface area contributed by atoms with Gasteiger partial charge in [0.05, 0.1) is 12.8 Å². The van der Waals surface area contributed by atoms with E-state index in [1.807, 2.05) is 12.1 Å². The van der Waals surface area contributed by atoms with E-state index in [1.54, 1.807) is 6.21 Å². The van der Waals surface area contributed by atoms with Gasteiger partial charge in [0.2, 0.25) is 0 Å². The van der Waals surface area contributed by atoms with Crippen molar-refractivity contribution in [1.82, 2.24) is 9.99 Å². The molecule has 1 aromatic heterocycles. The van der Waals surface area contributed by atoms with Crippen molar-refractivity contribution in [2.75, 3.05) is 6.61 Å². The minimum atomic E-state index is 0.146. The Kier molecular flexibility index (Phi) is 6.31. The van der Waals surface area contributed by atoms with Gasteiger partial charge in [-0.2, -0.15) is 5.10 Å². The Morgan fingerprint density at radius 1 is 1.29 bits per heavy atom. The molecule has 146 valence electrons. The predicted molar refractivity (Wildman–Crippen MR) is 120 cm³/mol. The number of rotatable bonds is 7. The zero-order valence-electron chi connectivity index (χ0n) is 16.5. The highest BCUT2D eigenvalue weighted by Gasteiger charge is 2.10. The van der Waals surface area contributed by atoms with E-state index in [2.05, 4.69) is 72.4 Å². The van der Waals surface area contributed by atoms with Gasteiger partial charge >= 0.3 is 0 Å². The van der Waals surface area contributed by atoms with Crippen LogP contribution in [0.1, 0.15) is 36.5 Å². The maximum Gasteiger partial charge on any atom is 0.184 e. The number of ether oxygens (including phenoxy) is 1. The summed E-state index contributed by atoms with van der Waals surface area (Å²) in [6, 6.07) is 14.6. The number of aryl methyl sites for hydroxylation is 1. The molecule has 3 rings (SSSR count). The average molecular weight is 395 g/mol. The molecule has 1 heterocycles. The molecule has 6 heteroatoms. The van der Waals surface area contributed by atoms with Crippen molar-refractivity contribution < 1.29 is 4.74 Å². The Labute approximate surface area is 171 Å². The van der Waals surface area contributed by atoms with Gasteiger partial charge in [0.15, 0.2) is 5.11 Å². The maximum atomic E-state index is 6.15. The highest BCUT2D eigenvalue weighted by molar-refractivity contribution is 7.80. The fourth-order valence-electron chi connectivity index (χ4n) is 3.23.